The van der Waals surface area contributed by atoms with Gasteiger partial charge in [-0.25, -0.2) is 0 Å². The van der Waals surface area contributed by atoms with Crippen molar-refractivity contribution < 1.29 is 24.2 Å². The first-order chi connectivity index (χ1) is 11.1. The van der Waals surface area contributed by atoms with Crippen LogP contribution in [0.3, 0.4) is 0 Å². The number of piperidine rings is 1. The molecule has 1 aromatic carbocycles. The van der Waals surface area contributed by atoms with Gasteiger partial charge in [0.1, 0.15) is 11.5 Å². The second kappa shape index (κ2) is 8.38. The van der Waals surface area contributed by atoms with E-state index in [1.165, 1.54) is 0 Å². The molecule has 0 aliphatic carbocycles. The summed E-state index contributed by atoms with van der Waals surface area (Å²) in [6, 6.07) is 7.03. The Balaban J connectivity index is 1.71. The Morgan fingerprint density at radius 3 is 2.91 bits per heavy atom. The largest absolute Gasteiger partial charge is 0.497 e. The van der Waals surface area contributed by atoms with Gasteiger partial charge in [0.25, 0.3) is 5.91 Å². The molecule has 2 N–H and O–H groups in total. The van der Waals surface area contributed by atoms with Gasteiger partial charge in [-0.05, 0) is 31.5 Å². The highest BCUT2D eigenvalue weighted by Gasteiger charge is 2.25. The van der Waals surface area contributed by atoms with Crippen molar-refractivity contribution in [1.29, 1.82) is 0 Å². The van der Waals surface area contributed by atoms with Crippen LogP contribution in [0.2, 0.25) is 0 Å². The van der Waals surface area contributed by atoms with Crippen molar-refractivity contribution in [2.24, 2.45) is 5.92 Å². The minimum Gasteiger partial charge on any atom is -0.497 e. The average molecular weight is 322 g/mol. The molecule has 0 radical (unpaired) electrons. The van der Waals surface area contributed by atoms with Crippen LogP contribution in [0, 0.1) is 5.92 Å². The van der Waals surface area contributed by atoms with Gasteiger partial charge in [0, 0.05) is 12.6 Å². The monoisotopic (exact) mass is 322 g/mol. The summed E-state index contributed by atoms with van der Waals surface area (Å²) >= 11 is 0. The smallest absolute Gasteiger partial charge is 0.307 e. The highest BCUT2D eigenvalue weighted by molar-refractivity contribution is 5.77. The zero-order chi connectivity index (χ0) is 16.7. The first-order valence-corrected chi connectivity index (χ1v) is 7.57. The molecular formula is C16H22N2O5. The van der Waals surface area contributed by atoms with E-state index in [4.69, 9.17) is 14.6 Å². The van der Waals surface area contributed by atoms with Crippen LogP contribution in [-0.2, 0) is 9.59 Å². The van der Waals surface area contributed by atoms with E-state index < -0.39 is 5.97 Å². The lowest BCUT2D eigenvalue weighted by Gasteiger charge is -2.30. The normalized spacial score (nSPS) is 18.2. The fraction of sp³-hybridized carbons (Fsp3) is 0.500. The number of carbonyl (C=O) groups is 2. The predicted molar refractivity (Wildman–Crippen MR) is 83.4 cm³/mol. The number of carbonyl (C=O) groups excluding carboxylic acids is 1. The molecule has 0 bridgehead atoms. The number of carboxylic acids is 1. The summed E-state index contributed by atoms with van der Waals surface area (Å²) in [7, 11) is 1.56. The van der Waals surface area contributed by atoms with Crippen LogP contribution in [0.4, 0.5) is 0 Å². The molecule has 7 heteroatoms. The lowest BCUT2D eigenvalue weighted by molar-refractivity contribution is -0.143. The second-order valence-electron chi connectivity index (χ2n) is 5.48. The highest BCUT2D eigenvalue weighted by Crippen LogP contribution is 2.18. The van der Waals surface area contributed by atoms with Crippen LogP contribution in [0.15, 0.2) is 24.3 Å². The number of nitrogens with zero attached hydrogens (tertiary/aromatic N) is 1. The van der Waals surface area contributed by atoms with Gasteiger partial charge in [-0.2, -0.15) is 0 Å². The van der Waals surface area contributed by atoms with E-state index in [2.05, 4.69) is 5.32 Å². The first-order valence-electron chi connectivity index (χ1n) is 7.57. The number of carboxylic acid groups (broad SMARTS) is 1. The molecule has 1 fully saturated rings. The summed E-state index contributed by atoms with van der Waals surface area (Å²) < 4.78 is 10.5. The fourth-order valence-electron chi connectivity index (χ4n) is 2.49. The second-order valence-corrected chi connectivity index (χ2v) is 5.48. The van der Waals surface area contributed by atoms with E-state index in [1.54, 1.807) is 31.4 Å². The minimum atomic E-state index is -0.776. The van der Waals surface area contributed by atoms with Gasteiger partial charge in [-0.15, -0.1) is 0 Å². The third-order valence-electron chi connectivity index (χ3n) is 3.77. The quantitative estimate of drug-likeness (QED) is 0.777. The van der Waals surface area contributed by atoms with Crippen molar-refractivity contribution in [3.8, 4) is 11.5 Å². The Kier molecular flexibility index (Phi) is 6.22. The van der Waals surface area contributed by atoms with Gasteiger partial charge in [-0.3, -0.25) is 14.5 Å². The van der Waals surface area contributed by atoms with Crippen molar-refractivity contribution in [3.63, 3.8) is 0 Å². The van der Waals surface area contributed by atoms with Crippen LogP contribution < -0.4 is 14.8 Å². The molecule has 23 heavy (non-hydrogen) atoms. The maximum Gasteiger partial charge on any atom is 0.307 e. The summed E-state index contributed by atoms with van der Waals surface area (Å²) in [5, 5.41) is 11.8. The molecule has 1 aliphatic rings. The molecule has 1 aliphatic heterocycles. The van der Waals surface area contributed by atoms with Gasteiger partial charge in [-0.1, -0.05) is 6.07 Å². The molecule has 1 amide bonds. The van der Waals surface area contributed by atoms with Gasteiger partial charge in [0.05, 0.1) is 19.7 Å². The van der Waals surface area contributed by atoms with Crippen molar-refractivity contribution in [2.75, 3.05) is 33.5 Å². The minimum absolute atomic E-state index is 0.0939. The van der Waals surface area contributed by atoms with Crippen molar-refractivity contribution in [1.82, 2.24) is 10.2 Å². The highest BCUT2D eigenvalue weighted by atomic mass is 16.5. The molecule has 0 spiro atoms. The molecule has 0 saturated carbocycles. The zero-order valence-corrected chi connectivity index (χ0v) is 13.2. The Morgan fingerprint density at radius 1 is 1.39 bits per heavy atom. The van der Waals surface area contributed by atoms with E-state index in [9.17, 15) is 9.59 Å². The number of benzene rings is 1. The molecule has 1 atom stereocenters. The summed E-state index contributed by atoms with van der Waals surface area (Å²) in [4.78, 5) is 24.8. The number of rotatable bonds is 7. The molecule has 2 rings (SSSR count). The van der Waals surface area contributed by atoms with Crippen molar-refractivity contribution >= 4 is 11.9 Å². The molecule has 1 aromatic rings. The van der Waals surface area contributed by atoms with Crippen molar-refractivity contribution in [2.45, 2.75) is 12.8 Å². The van der Waals surface area contributed by atoms with Crippen LogP contribution in [0.1, 0.15) is 12.8 Å². The van der Waals surface area contributed by atoms with E-state index in [0.29, 0.717) is 31.1 Å². The van der Waals surface area contributed by atoms with Gasteiger partial charge in [0.2, 0.25) is 0 Å². The molecule has 7 nitrogen and oxygen atoms in total. The van der Waals surface area contributed by atoms with Gasteiger partial charge < -0.3 is 19.9 Å². The fourth-order valence-corrected chi connectivity index (χ4v) is 2.49. The summed E-state index contributed by atoms with van der Waals surface area (Å²) in [6.07, 6.45) is 1.52. The molecule has 1 unspecified atom stereocenters. The lowest BCUT2D eigenvalue weighted by Crippen LogP contribution is -2.45. The maximum atomic E-state index is 11.8. The van der Waals surface area contributed by atoms with Gasteiger partial charge >= 0.3 is 5.97 Å². The Labute approximate surface area is 135 Å². The Bertz CT molecular complexity index is 549. The zero-order valence-electron chi connectivity index (χ0n) is 13.2. The standard InChI is InChI=1S/C16H22N2O5/c1-22-13-5-2-6-14(8-13)23-10-15(19)17-11-18-7-3-4-12(9-18)16(20)21/h2,5-6,8,12H,3-4,7,9-11H2,1H3,(H,17,19)(H,20,21). The van der Waals surface area contributed by atoms with E-state index in [-0.39, 0.29) is 18.4 Å². The number of likely N-dealkylation sites (tertiary alicyclic amines) is 1. The number of hydrogen-bond acceptors (Lipinski definition) is 5. The van der Waals surface area contributed by atoms with E-state index in [1.807, 2.05) is 4.90 Å². The molecule has 126 valence electrons. The van der Waals surface area contributed by atoms with Crippen LogP contribution >= 0.6 is 0 Å². The number of amides is 1. The van der Waals surface area contributed by atoms with Crippen LogP contribution in [-0.4, -0.2) is 55.4 Å². The first kappa shape index (κ1) is 17.1. The molecule has 0 aromatic heterocycles. The maximum absolute atomic E-state index is 11.8. The summed E-state index contributed by atoms with van der Waals surface area (Å²) in [6.45, 7) is 1.50. The number of hydrogen-bond donors (Lipinski definition) is 2. The number of ether oxygens (including phenoxy) is 2. The van der Waals surface area contributed by atoms with Crippen molar-refractivity contribution in [3.05, 3.63) is 24.3 Å². The Morgan fingerprint density at radius 2 is 2.17 bits per heavy atom. The summed E-state index contributed by atoms with van der Waals surface area (Å²) in [5.41, 5.74) is 0. The number of aliphatic carboxylic acids is 1. The average Bonchev–Trinajstić information content (AvgIpc) is 2.58. The van der Waals surface area contributed by atoms with Crippen LogP contribution in [0.5, 0.6) is 11.5 Å². The SMILES string of the molecule is COc1cccc(OCC(=O)NCN2CCCC(C(=O)O)C2)c1. The van der Waals surface area contributed by atoms with E-state index >= 15 is 0 Å². The van der Waals surface area contributed by atoms with E-state index in [0.717, 1.165) is 13.0 Å². The summed E-state index contributed by atoms with van der Waals surface area (Å²) in [5.74, 6) is -0.152. The molecule has 1 heterocycles. The lowest BCUT2D eigenvalue weighted by atomic mass is 9.99. The van der Waals surface area contributed by atoms with Crippen LogP contribution in [0.25, 0.3) is 0 Å². The predicted octanol–water partition coefficient (Wildman–Crippen LogP) is 0.944. The third kappa shape index (κ3) is 5.45. The third-order valence-corrected chi connectivity index (χ3v) is 3.77. The molecular weight excluding hydrogens is 300 g/mol. The topological polar surface area (TPSA) is 88.1 Å². The number of methoxy groups -OCH3 is 1. The van der Waals surface area contributed by atoms with Gasteiger partial charge in [0.15, 0.2) is 6.61 Å². The number of nitrogens with one attached hydrogen (secondary N) is 1. The molecule has 1 saturated heterocycles. The Hall–Kier alpha value is -2.28.